The summed E-state index contributed by atoms with van der Waals surface area (Å²) in [6.07, 6.45) is -2.03. The zero-order chi connectivity index (χ0) is 32.2. The second kappa shape index (κ2) is 12.8. The van der Waals surface area contributed by atoms with Crippen LogP contribution in [0.1, 0.15) is 48.3 Å². The number of nitrogens with one attached hydrogen (secondary N) is 1. The topological polar surface area (TPSA) is 93.5 Å². The molecule has 3 aromatic carbocycles. The lowest BCUT2D eigenvalue weighted by molar-refractivity contribution is -0.137. The fourth-order valence-electron chi connectivity index (χ4n) is 5.51. The number of nitrogens with zero attached hydrogens (tertiary/aromatic N) is 3. The number of carbonyl (C=O) groups excluding carboxylic acids is 2. The van der Waals surface area contributed by atoms with Gasteiger partial charge in [0.05, 0.1) is 18.3 Å². The van der Waals surface area contributed by atoms with E-state index in [1.807, 2.05) is 6.92 Å². The van der Waals surface area contributed by atoms with Crippen LogP contribution in [-0.2, 0) is 34.3 Å². The Labute approximate surface area is 257 Å². The van der Waals surface area contributed by atoms with Gasteiger partial charge in [-0.1, -0.05) is 73.7 Å². The molecule has 232 valence electrons. The largest absolute Gasteiger partial charge is 0.444 e. The van der Waals surface area contributed by atoms with Crippen LogP contribution in [0, 0.1) is 0 Å². The van der Waals surface area contributed by atoms with Crippen molar-refractivity contribution < 1.29 is 27.5 Å². The third kappa shape index (κ3) is 6.82. The number of carbonyl (C=O) groups is 2. The monoisotopic (exact) mass is 616 g/mol. The number of allylic oxidation sites excluding steroid dienone is 1. The summed E-state index contributed by atoms with van der Waals surface area (Å²) in [5.41, 5.74) is -1.25. The van der Waals surface area contributed by atoms with E-state index in [1.54, 1.807) is 66.7 Å². The van der Waals surface area contributed by atoms with Crippen molar-refractivity contribution in [2.45, 2.75) is 50.6 Å². The summed E-state index contributed by atoms with van der Waals surface area (Å²) in [4.78, 5) is 46.9. The molecule has 11 heteroatoms. The number of amides is 2. The van der Waals surface area contributed by atoms with Gasteiger partial charge in [0.15, 0.2) is 0 Å². The third-order valence-corrected chi connectivity index (χ3v) is 7.72. The molecule has 0 saturated carbocycles. The Morgan fingerprint density at radius 1 is 1.07 bits per heavy atom. The number of ether oxygens (including phenoxy) is 1. The number of anilines is 2. The highest BCUT2D eigenvalue weighted by Crippen LogP contribution is 2.42. The molecule has 0 saturated heterocycles. The van der Waals surface area contributed by atoms with Crippen molar-refractivity contribution >= 4 is 23.4 Å². The van der Waals surface area contributed by atoms with Crippen LogP contribution in [-0.4, -0.2) is 21.6 Å². The highest BCUT2D eigenvalue weighted by atomic mass is 19.4. The van der Waals surface area contributed by atoms with Crippen LogP contribution in [0.4, 0.5) is 29.3 Å². The van der Waals surface area contributed by atoms with Gasteiger partial charge in [0.2, 0.25) is 5.91 Å². The van der Waals surface area contributed by atoms with Gasteiger partial charge in [-0.2, -0.15) is 13.2 Å². The van der Waals surface area contributed by atoms with Gasteiger partial charge in [0.25, 0.3) is 5.56 Å². The van der Waals surface area contributed by atoms with Crippen molar-refractivity contribution in [3.05, 3.63) is 137 Å². The summed E-state index contributed by atoms with van der Waals surface area (Å²) < 4.78 is 47.3. The number of rotatable bonds is 9. The summed E-state index contributed by atoms with van der Waals surface area (Å²) in [6.45, 7) is 5.14. The van der Waals surface area contributed by atoms with Gasteiger partial charge in [-0.3, -0.25) is 19.1 Å². The summed E-state index contributed by atoms with van der Waals surface area (Å²) in [6, 6.07) is 21.1. The predicted molar refractivity (Wildman–Crippen MR) is 164 cm³/mol. The molecule has 0 aliphatic carbocycles. The van der Waals surface area contributed by atoms with Crippen LogP contribution in [0.25, 0.3) is 0 Å². The highest BCUT2D eigenvalue weighted by Gasteiger charge is 2.45. The summed E-state index contributed by atoms with van der Waals surface area (Å²) in [5.74, 6) is -0.117. The van der Waals surface area contributed by atoms with Gasteiger partial charge in [-0.15, -0.1) is 6.58 Å². The van der Waals surface area contributed by atoms with Crippen LogP contribution in [0.15, 0.2) is 109 Å². The average molecular weight is 617 g/mol. The SMILES string of the molecule is C=CC[C@]1(C)C[C@@H](C(=O)Nc2ccccc2)n2c1ncc(N(Cc1cccc(C(F)(F)F)c1)C(=O)OCc1ccccc1)c2=O. The van der Waals surface area contributed by atoms with Gasteiger partial charge in [0.1, 0.15) is 24.2 Å². The first-order valence-corrected chi connectivity index (χ1v) is 14.2. The number of benzene rings is 3. The lowest BCUT2D eigenvalue weighted by atomic mass is 9.83. The van der Waals surface area contributed by atoms with E-state index in [-0.39, 0.29) is 24.3 Å². The maximum Gasteiger partial charge on any atom is 0.416 e. The van der Waals surface area contributed by atoms with Crippen LogP contribution < -0.4 is 15.8 Å². The first-order valence-electron chi connectivity index (χ1n) is 14.2. The van der Waals surface area contributed by atoms with Crippen molar-refractivity contribution in [2.24, 2.45) is 0 Å². The normalized spacial score (nSPS) is 17.3. The molecule has 2 atom stereocenters. The van der Waals surface area contributed by atoms with E-state index >= 15 is 0 Å². The molecule has 1 N–H and O–H groups in total. The van der Waals surface area contributed by atoms with Crippen molar-refractivity contribution in [1.82, 2.24) is 9.55 Å². The van der Waals surface area contributed by atoms with E-state index in [0.29, 0.717) is 23.5 Å². The molecule has 0 spiro atoms. The van der Waals surface area contributed by atoms with Crippen molar-refractivity contribution in [3.63, 3.8) is 0 Å². The summed E-state index contributed by atoms with van der Waals surface area (Å²) in [5, 5.41) is 2.84. The number of hydrogen-bond acceptors (Lipinski definition) is 5. The van der Waals surface area contributed by atoms with E-state index in [2.05, 4.69) is 16.9 Å². The Morgan fingerprint density at radius 2 is 1.73 bits per heavy atom. The molecule has 4 aromatic rings. The van der Waals surface area contributed by atoms with Crippen LogP contribution in [0.3, 0.4) is 0 Å². The first-order chi connectivity index (χ1) is 21.5. The maximum absolute atomic E-state index is 14.2. The molecule has 45 heavy (non-hydrogen) atoms. The molecular formula is C34H31F3N4O4. The fraction of sp³-hybridized carbons (Fsp3) is 0.235. The Hall–Kier alpha value is -5.19. The van der Waals surface area contributed by atoms with E-state index in [1.165, 1.54) is 22.9 Å². The standard InChI is InChI=1S/C34H31F3N4O4/c1-3-17-33(2)19-27(29(42)39-26-15-8-5-9-16-26)41-30(43)28(20-38-31(33)41)40(32(44)45-22-23-11-6-4-7-12-23)21-24-13-10-14-25(18-24)34(35,36)37/h3-16,18,20,27H,1,17,19,21-22H2,2H3,(H,39,42)/t27-,33+/m0/s1. The molecular weight excluding hydrogens is 585 g/mol. The molecule has 2 amide bonds. The molecule has 0 bridgehead atoms. The zero-order valence-electron chi connectivity index (χ0n) is 24.5. The van der Waals surface area contributed by atoms with Gasteiger partial charge >= 0.3 is 12.3 Å². The smallest absolute Gasteiger partial charge is 0.416 e. The number of fused-ring (bicyclic) bond motifs is 1. The molecule has 0 fully saturated rings. The minimum Gasteiger partial charge on any atom is -0.444 e. The average Bonchev–Trinajstić information content (AvgIpc) is 3.33. The van der Waals surface area contributed by atoms with E-state index in [4.69, 9.17) is 4.74 Å². The molecule has 1 aliphatic heterocycles. The molecule has 8 nitrogen and oxygen atoms in total. The van der Waals surface area contributed by atoms with Crippen molar-refractivity contribution in [1.29, 1.82) is 0 Å². The molecule has 1 aliphatic rings. The van der Waals surface area contributed by atoms with E-state index < -0.39 is 47.3 Å². The highest BCUT2D eigenvalue weighted by molar-refractivity contribution is 5.94. The Bertz CT molecular complexity index is 1760. The molecule has 2 heterocycles. The minimum absolute atomic E-state index is 0.112. The second-order valence-electron chi connectivity index (χ2n) is 11.1. The summed E-state index contributed by atoms with van der Waals surface area (Å²) >= 11 is 0. The molecule has 1 aromatic heterocycles. The van der Waals surface area contributed by atoms with Gasteiger partial charge in [0, 0.05) is 11.1 Å². The Morgan fingerprint density at radius 3 is 2.40 bits per heavy atom. The van der Waals surface area contributed by atoms with Crippen LogP contribution >= 0.6 is 0 Å². The van der Waals surface area contributed by atoms with Gasteiger partial charge < -0.3 is 10.1 Å². The maximum atomic E-state index is 14.2. The van der Waals surface area contributed by atoms with Crippen LogP contribution in [0.5, 0.6) is 0 Å². The number of aromatic nitrogens is 2. The molecule has 0 radical (unpaired) electrons. The van der Waals surface area contributed by atoms with Gasteiger partial charge in [-0.05, 0) is 48.2 Å². The zero-order valence-corrected chi connectivity index (χ0v) is 24.5. The second-order valence-corrected chi connectivity index (χ2v) is 11.1. The molecule has 0 unspecified atom stereocenters. The van der Waals surface area contributed by atoms with Crippen molar-refractivity contribution in [3.8, 4) is 0 Å². The Balaban J connectivity index is 1.56. The van der Waals surface area contributed by atoms with Gasteiger partial charge in [-0.25, -0.2) is 9.78 Å². The first kappa shape index (κ1) is 31.2. The lowest BCUT2D eigenvalue weighted by Gasteiger charge is -2.24. The quantitative estimate of drug-likeness (QED) is 0.204. The number of halogens is 3. The fourth-order valence-corrected chi connectivity index (χ4v) is 5.51. The number of alkyl halides is 3. The predicted octanol–water partition coefficient (Wildman–Crippen LogP) is 7.02. The molecule has 5 rings (SSSR count). The number of hydrogen-bond donors (Lipinski definition) is 1. The lowest BCUT2D eigenvalue weighted by Crippen LogP contribution is -2.39. The van der Waals surface area contributed by atoms with Crippen LogP contribution in [0.2, 0.25) is 0 Å². The van der Waals surface area contributed by atoms with Crippen molar-refractivity contribution in [2.75, 3.05) is 10.2 Å². The Kier molecular flexibility index (Phi) is 8.89. The van der Waals surface area contributed by atoms with E-state index in [0.717, 1.165) is 17.0 Å². The summed E-state index contributed by atoms with van der Waals surface area (Å²) in [7, 11) is 0. The number of para-hydroxylation sites is 1. The van der Waals surface area contributed by atoms with E-state index in [9.17, 15) is 27.6 Å². The third-order valence-electron chi connectivity index (χ3n) is 7.72. The minimum atomic E-state index is -4.61.